The number of likely N-dealkylation sites (tertiary alicyclic amines) is 1. The van der Waals surface area contributed by atoms with E-state index in [0.717, 1.165) is 32.1 Å². The summed E-state index contributed by atoms with van der Waals surface area (Å²) in [6, 6.07) is 9.15. The van der Waals surface area contributed by atoms with Gasteiger partial charge in [-0.15, -0.1) is 0 Å². The summed E-state index contributed by atoms with van der Waals surface area (Å²) in [5.74, 6) is 0.175. The van der Waals surface area contributed by atoms with Crippen LogP contribution < -0.4 is 5.32 Å². The van der Waals surface area contributed by atoms with Crippen LogP contribution in [0.25, 0.3) is 0 Å². The van der Waals surface area contributed by atoms with Crippen LogP contribution in [0.1, 0.15) is 55.8 Å². The van der Waals surface area contributed by atoms with Gasteiger partial charge in [0.15, 0.2) is 0 Å². The first-order chi connectivity index (χ1) is 12.0. The standard InChI is InChI=1S/C20H28N2O3/c1-20(19(25)21-14-15-7-5-10-17(23)13-15)11-6-12-22(20)18(24)16-8-3-2-4-9-16/h2-4,8-9,15,17,23H,5-7,10-14H2,1H3,(H,21,25). The van der Waals surface area contributed by atoms with E-state index in [2.05, 4.69) is 5.32 Å². The summed E-state index contributed by atoms with van der Waals surface area (Å²) in [5.41, 5.74) is -0.168. The Morgan fingerprint density at radius 1 is 1.24 bits per heavy atom. The van der Waals surface area contributed by atoms with Gasteiger partial charge in [-0.25, -0.2) is 0 Å². The van der Waals surface area contributed by atoms with Gasteiger partial charge in [-0.2, -0.15) is 0 Å². The second kappa shape index (κ2) is 7.56. The molecule has 25 heavy (non-hydrogen) atoms. The number of aliphatic hydroxyl groups is 1. The lowest BCUT2D eigenvalue weighted by atomic mass is 9.87. The van der Waals surface area contributed by atoms with E-state index < -0.39 is 5.54 Å². The van der Waals surface area contributed by atoms with Crippen LogP contribution in [-0.4, -0.2) is 46.6 Å². The van der Waals surface area contributed by atoms with E-state index >= 15 is 0 Å². The molecular formula is C20H28N2O3. The molecule has 1 saturated heterocycles. The van der Waals surface area contributed by atoms with E-state index in [4.69, 9.17) is 0 Å². The zero-order chi connectivity index (χ0) is 17.9. The van der Waals surface area contributed by atoms with Gasteiger partial charge >= 0.3 is 0 Å². The molecule has 5 nitrogen and oxygen atoms in total. The molecule has 1 aliphatic heterocycles. The molecule has 5 heteroatoms. The highest BCUT2D eigenvalue weighted by atomic mass is 16.3. The first kappa shape index (κ1) is 17.9. The van der Waals surface area contributed by atoms with Crippen LogP contribution in [0.5, 0.6) is 0 Å². The van der Waals surface area contributed by atoms with Crippen LogP contribution in [-0.2, 0) is 4.79 Å². The van der Waals surface area contributed by atoms with E-state index in [-0.39, 0.29) is 17.9 Å². The molecule has 0 aromatic heterocycles. The summed E-state index contributed by atoms with van der Waals surface area (Å²) >= 11 is 0. The number of hydrogen-bond donors (Lipinski definition) is 2. The van der Waals surface area contributed by atoms with Crippen LogP contribution in [0.15, 0.2) is 30.3 Å². The van der Waals surface area contributed by atoms with Gasteiger partial charge in [0.25, 0.3) is 5.91 Å². The third kappa shape index (κ3) is 3.87. The molecule has 1 heterocycles. The third-order valence-electron chi connectivity index (χ3n) is 5.70. The average molecular weight is 344 g/mol. The largest absolute Gasteiger partial charge is 0.393 e. The number of carbonyl (C=O) groups is 2. The van der Waals surface area contributed by atoms with Gasteiger partial charge in [0.1, 0.15) is 5.54 Å². The number of benzene rings is 1. The lowest BCUT2D eigenvalue weighted by Crippen LogP contribution is -2.56. The molecule has 1 aromatic rings. The molecule has 2 aliphatic rings. The molecule has 2 fully saturated rings. The van der Waals surface area contributed by atoms with Crippen molar-refractivity contribution < 1.29 is 14.7 Å². The Hall–Kier alpha value is -1.88. The van der Waals surface area contributed by atoms with Crippen LogP contribution in [0.4, 0.5) is 0 Å². The fourth-order valence-electron chi connectivity index (χ4n) is 4.14. The summed E-state index contributed by atoms with van der Waals surface area (Å²) in [5, 5.41) is 12.8. The maximum atomic E-state index is 12.9. The van der Waals surface area contributed by atoms with Crippen LogP contribution in [0, 0.1) is 5.92 Å². The van der Waals surface area contributed by atoms with E-state index in [1.165, 1.54) is 0 Å². The van der Waals surface area contributed by atoms with Crippen LogP contribution in [0.2, 0.25) is 0 Å². The van der Waals surface area contributed by atoms with Crippen molar-refractivity contribution in [2.75, 3.05) is 13.1 Å². The first-order valence-electron chi connectivity index (χ1n) is 9.34. The number of nitrogens with zero attached hydrogens (tertiary/aromatic N) is 1. The highest BCUT2D eigenvalue weighted by molar-refractivity contribution is 5.99. The van der Waals surface area contributed by atoms with Crippen LogP contribution >= 0.6 is 0 Å². The molecule has 3 atom stereocenters. The Morgan fingerprint density at radius 2 is 2.00 bits per heavy atom. The minimum absolute atomic E-state index is 0.0747. The minimum atomic E-state index is -0.791. The quantitative estimate of drug-likeness (QED) is 0.881. The Kier molecular flexibility index (Phi) is 5.42. The lowest BCUT2D eigenvalue weighted by Gasteiger charge is -2.35. The average Bonchev–Trinajstić information content (AvgIpc) is 3.03. The topological polar surface area (TPSA) is 69.6 Å². The number of hydrogen-bond acceptors (Lipinski definition) is 3. The van der Waals surface area contributed by atoms with Gasteiger partial charge in [-0.05, 0) is 57.1 Å². The highest BCUT2D eigenvalue weighted by Gasteiger charge is 2.45. The van der Waals surface area contributed by atoms with Crippen molar-refractivity contribution in [3.05, 3.63) is 35.9 Å². The Balaban J connectivity index is 1.64. The molecule has 2 amide bonds. The number of rotatable bonds is 4. The molecule has 0 spiro atoms. The van der Waals surface area contributed by atoms with E-state index in [1.807, 2.05) is 25.1 Å². The summed E-state index contributed by atoms with van der Waals surface area (Å²) in [4.78, 5) is 27.4. The molecular weight excluding hydrogens is 316 g/mol. The summed E-state index contributed by atoms with van der Waals surface area (Å²) in [6.45, 7) is 3.06. The molecule has 3 unspecified atom stereocenters. The summed E-state index contributed by atoms with van der Waals surface area (Å²) < 4.78 is 0. The van der Waals surface area contributed by atoms with E-state index in [9.17, 15) is 14.7 Å². The second-order valence-electron chi connectivity index (χ2n) is 7.60. The van der Waals surface area contributed by atoms with Gasteiger partial charge in [0.05, 0.1) is 6.10 Å². The highest BCUT2D eigenvalue weighted by Crippen LogP contribution is 2.31. The van der Waals surface area contributed by atoms with Crippen LogP contribution in [0.3, 0.4) is 0 Å². The molecule has 1 aliphatic carbocycles. The van der Waals surface area contributed by atoms with Gasteiger partial charge in [0, 0.05) is 18.7 Å². The maximum absolute atomic E-state index is 12.9. The number of nitrogens with one attached hydrogen (secondary N) is 1. The van der Waals surface area contributed by atoms with Gasteiger partial charge in [-0.1, -0.05) is 24.6 Å². The predicted molar refractivity (Wildman–Crippen MR) is 96.1 cm³/mol. The molecule has 136 valence electrons. The zero-order valence-corrected chi connectivity index (χ0v) is 14.9. The molecule has 2 N–H and O–H groups in total. The maximum Gasteiger partial charge on any atom is 0.254 e. The molecule has 1 saturated carbocycles. The van der Waals surface area contributed by atoms with Gasteiger partial charge < -0.3 is 15.3 Å². The number of aliphatic hydroxyl groups excluding tert-OH is 1. The van der Waals surface area contributed by atoms with Gasteiger partial charge in [0.2, 0.25) is 5.91 Å². The lowest BCUT2D eigenvalue weighted by molar-refractivity contribution is -0.130. The molecule has 1 aromatic carbocycles. The van der Waals surface area contributed by atoms with Crippen molar-refractivity contribution in [2.24, 2.45) is 5.92 Å². The smallest absolute Gasteiger partial charge is 0.254 e. The van der Waals surface area contributed by atoms with Crippen molar-refractivity contribution in [2.45, 2.75) is 57.1 Å². The normalized spacial score (nSPS) is 29.4. The van der Waals surface area contributed by atoms with Crippen molar-refractivity contribution in [1.82, 2.24) is 10.2 Å². The first-order valence-corrected chi connectivity index (χ1v) is 9.34. The number of carbonyl (C=O) groups excluding carboxylic acids is 2. The molecule has 0 radical (unpaired) electrons. The van der Waals surface area contributed by atoms with E-state index in [1.54, 1.807) is 17.0 Å². The molecule has 3 rings (SSSR count). The number of amides is 2. The summed E-state index contributed by atoms with van der Waals surface area (Å²) in [7, 11) is 0. The van der Waals surface area contributed by atoms with Crippen molar-refractivity contribution in [3.63, 3.8) is 0 Å². The zero-order valence-electron chi connectivity index (χ0n) is 14.9. The monoisotopic (exact) mass is 344 g/mol. The third-order valence-corrected chi connectivity index (χ3v) is 5.70. The van der Waals surface area contributed by atoms with Crippen molar-refractivity contribution in [1.29, 1.82) is 0 Å². The van der Waals surface area contributed by atoms with Crippen molar-refractivity contribution in [3.8, 4) is 0 Å². The van der Waals surface area contributed by atoms with Gasteiger partial charge in [-0.3, -0.25) is 9.59 Å². The predicted octanol–water partition coefficient (Wildman–Crippen LogP) is 2.35. The Morgan fingerprint density at radius 3 is 2.72 bits per heavy atom. The second-order valence-corrected chi connectivity index (χ2v) is 7.60. The Bertz CT molecular complexity index is 619. The minimum Gasteiger partial charge on any atom is -0.393 e. The SMILES string of the molecule is CC1(C(=O)NCC2CCCC(O)C2)CCCN1C(=O)c1ccccc1. The fourth-order valence-corrected chi connectivity index (χ4v) is 4.14. The van der Waals surface area contributed by atoms with Crippen molar-refractivity contribution >= 4 is 11.8 Å². The fraction of sp³-hybridized carbons (Fsp3) is 0.600. The Labute approximate surface area is 149 Å². The van der Waals surface area contributed by atoms with E-state index in [0.29, 0.717) is 31.0 Å². The summed E-state index contributed by atoms with van der Waals surface area (Å²) in [6.07, 6.45) is 4.95. The molecule has 0 bridgehead atoms.